The van der Waals surface area contributed by atoms with Crippen molar-refractivity contribution in [2.45, 2.75) is 208 Å². The molecule has 0 bridgehead atoms. The first-order valence-corrected chi connectivity index (χ1v) is 27.4. The molecule has 4 aliphatic rings. The summed E-state index contributed by atoms with van der Waals surface area (Å²) in [5.41, 5.74) is 1.14. The van der Waals surface area contributed by atoms with Crippen molar-refractivity contribution in [3.8, 4) is 0 Å². The molecule has 0 saturated carbocycles. The molecule has 4 saturated heterocycles. The maximum atomic E-state index is 13.7. The highest BCUT2D eigenvalue weighted by Crippen LogP contribution is 2.35. The number of hydrogen-bond acceptors (Lipinski definition) is 23. The summed E-state index contributed by atoms with van der Waals surface area (Å²) >= 11 is 0. The first-order valence-electron chi connectivity index (χ1n) is 26.0. The number of carbonyl (C=O) groups excluding carboxylic acids is 4. The van der Waals surface area contributed by atoms with Crippen LogP contribution in [0.1, 0.15) is 95.0 Å². The van der Waals surface area contributed by atoms with Gasteiger partial charge in [0.15, 0.2) is 25.2 Å². The summed E-state index contributed by atoms with van der Waals surface area (Å²) in [6, 6.07) is 0.00892. The van der Waals surface area contributed by atoms with Crippen molar-refractivity contribution in [2.24, 2.45) is 0 Å². The second-order valence-corrected chi connectivity index (χ2v) is 20.7. The average Bonchev–Trinajstić information content (AvgIpc) is 3.43. The first-order chi connectivity index (χ1) is 37.0. The van der Waals surface area contributed by atoms with Crippen molar-refractivity contribution in [2.75, 3.05) is 26.4 Å². The molecule has 1 aromatic carbocycles. The van der Waals surface area contributed by atoms with Crippen LogP contribution in [0.4, 0.5) is 0 Å². The Bertz CT molecular complexity index is 2200. The number of nitrogens with one attached hydrogen (secondary N) is 4. The Morgan fingerprint density at radius 2 is 0.987 bits per heavy atom. The third kappa shape index (κ3) is 18.0. The molecule has 4 amide bonds. The van der Waals surface area contributed by atoms with Crippen molar-refractivity contribution in [3.05, 3.63) is 47.5 Å². The molecule has 4 fully saturated rings. The van der Waals surface area contributed by atoms with Gasteiger partial charge in [-0.05, 0) is 56.2 Å². The van der Waals surface area contributed by atoms with E-state index in [2.05, 4.69) is 44.5 Å². The van der Waals surface area contributed by atoms with E-state index in [4.69, 9.17) is 33.2 Å². The second-order valence-electron chi connectivity index (χ2n) is 19.7. The van der Waals surface area contributed by atoms with E-state index in [1.807, 2.05) is 0 Å². The third-order valence-electron chi connectivity index (χ3n) is 13.6. The molecule has 0 aliphatic carbocycles. The van der Waals surface area contributed by atoms with Crippen LogP contribution in [0.2, 0.25) is 0 Å². The van der Waals surface area contributed by atoms with Crippen molar-refractivity contribution >= 4 is 34.0 Å². The van der Waals surface area contributed by atoms with Gasteiger partial charge in [0.2, 0.25) is 17.7 Å². The molecule has 20 atom stereocenters. The van der Waals surface area contributed by atoms with Crippen LogP contribution in [-0.4, -0.2) is 232 Å². The topological polar surface area (TPSA) is 427 Å². The summed E-state index contributed by atoms with van der Waals surface area (Å²) in [6.45, 7) is 1.33. The molecule has 5 rings (SSSR count). The summed E-state index contributed by atoms with van der Waals surface area (Å²) in [5, 5.41) is 109. The number of amides is 4. The highest BCUT2D eigenvalue weighted by atomic mass is 32.3. The van der Waals surface area contributed by atoms with Gasteiger partial charge in [-0.2, -0.15) is 8.42 Å². The molecule has 0 aromatic heterocycles. The summed E-state index contributed by atoms with van der Waals surface area (Å²) in [5.74, 6) is -3.13. The molecule has 444 valence electrons. The number of ether oxygens (including phenoxy) is 7. The van der Waals surface area contributed by atoms with Gasteiger partial charge in [-0.25, -0.2) is 4.18 Å². The van der Waals surface area contributed by atoms with Crippen LogP contribution in [0, 0.1) is 0 Å². The van der Waals surface area contributed by atoms with Crippen molar-refractivity contribution < 1.29 is 115 Å². The fraction of sp³-hybridized carbons (Fsp3) is 0.755. The lowest BCUT2D eigenvalue weighted by molar-refractivity contribution is -0.361. The first kappa shape index (κ1) is 64.9. The molecule has 28 nitrogen and oxygen atoms in total. The van der Waals surface area contributed by atoms with Crippen LogP contribution in [0.25, 0.3) is 0 Å². The maximum absolute atomic E-state index is 13.7. The van der Waals surface area contributed by atoms with Crippen LogP contribution >= 0.6 is 0 Å². The smallest absolute Gasteiger partial charge is 0.394 e. The molecule has 0 spiro atoms. The van der Waals surface area contributed by atoms with Gasteiger partial charge in [0.05, 0.1) is 26.4 Å². The summed E-state index contributed by atoms with van der Waals surface area (Å²) in [7, 11) is -5.16. The SMILES string of the molecule is CCCCCC/C=C\CCCCc1ccc(C(=O)NC2[C@H](O[C@H]3C(O)C(NC(C)=O)[C@@H](O[C@H]4C(CO)O[C@@H](O[C@H]5C(O)C(NC(C)=O)C(O)O[C@@H]5COS(=O)(=O)O)C(NC(C)=O)[C@H]4O)O[C@@H]3CO)OC(CO)[C@H](O)[C@@H]2O)cc1. The van der Waals surface area contributed by atoms with Crippen LogP contribution < -0.4 is 21.3 Å². The van der Waals surface area contributed by atoms with Gasteiger partial charge in [0.25, 0.3) is 5.91 Å². The van der Waals surface area contributed by atoms with E-state index in [0.29, 0.717) is 0 Å². The Labute approximate surface area is 451 Å². The lowest BCUT2D eigenvalue weighted by atomic mass is 9.93. The minimum absolute atomic E-state index is 0.161. The van der Waals surface area contributed by atoms with Crippen LogP contribution in [0.15, 0.2) is 36.4 Å². The molecular formula is C49H78N4O24S. The van der Waals surface area contributed by atoms with Crippen molar-refractivity contribution in [1.29, 1.82) is 0 Å². The Hall–Kier alpha value is -3.93. The molecule has 4 aliphatic heterocycles. The second kappa shape index (κ2) is 30.8. The molecular weight excluding hydrogens is 1060 g/mol. The number of allylic oxidation sites excluding steroid dienone is 2. The van der Waals surface area contributed by atoms with Gasteiger partial charge < -0.3 is 100 Å². The van der Waals surface area contributed by atoms with Gasteiger partial charge >= 0.3 is 10.4 Å². The molecule has 1 aromatic rings. The summed E-state index contributed by atoms with van der Waals surface area (Å²) in [6.07, 6.45) is -15.3. The van der Waals surface area contributed by atoms with Gasteiger partial charge in [0, 0.05) is 26.3 Å². The van der Waals surface area contributed by atoms with E-state index in [-0.39, 0.29) is 5.56 Å². The highest BCUT2D eigenvalue weighted by Gasteiger charge is 2.56. The Morgan fingerprint density at radius 3 is 1.45 bits per heavy atom. The number of aliphatic hydroxyl groups is 9. The van der Waals surface area contributed by atoms with Gasteiger partial charge in [-0.15, -0.1) is 0 Å². The fourth-order valence-corrected chi connectivity index (χ4v) is 9.96. The van der Waals surface area contributed by atoms with E-state index in [1.165, 1.54) is 25.7 Å². The zero-order valence-corrected chi connectivity index (χ0v) is 44.6. The highest BCUT2D eigenvalue weighted by molar-refractivity contribution is 7.80. The van der Waals surface area contributed by atoms with E-state index in [1.54, 1.807) is 24.3 Å². The standard InChI is InChI=1S/C49H78N4O24S/c1-5-6-7-8-9-10-11-12-13-14-15-27-16-18-28(19-17-27)45(65)53-34-38(61)37(60)29(20-54)72-47(34)75-42-30(21-55)73-48(35(40(42)63)51-25(3)58)76-43-31(22-56)74-49(36(41(43)64)52-26(4)59)77-44-32(23-70-78(67,68)69)71-46(66)33(39(44)62)50-24(2)57/h10-11,16-19,29-44,46-49,54-56,60-64,66H,5-9,12-15,20-23H2,1-4H3,(H,50,57)(H,51,58)(H,52,59)(H,53,65)(H,67,68,69)/b11-10-/t29?,30-,31?,32-,33?,34?,35?,36?,37+,38-,39?,40?,41-,42-,43+,44-,46?,47+,48-,49+/m1/s1. The van der Waals surface area contributed by atoms with Crippen LogP contribution in [-0.2, 0) is 68.5 Å². The number of hydrogen-bond donors (Lipinski definition) is 14. The number of rotatable bonds is 27. The minimum atomic E-state index is -5.16. The fourth-order valence-electron chi connectivity index (χ4n) is 9.65. The maximum Gasteiger partial charge on any atom is 0.397 e. The Kier molecular flexibility index (Phi) is 25.6. The molecule has 78 heavy (non-hydrogen) atoms. The molecule has 4 heterocycles. The van der Waals surface area contributed by atoms with Crippen LogP contribution in [0.5, 0.6) is 0 Å². The number of carbonyl (C=O) groups is 4. The molecule has 9 unspecified atom stereocenters. The quantitative estimate of drug-likeness (QED) is 0.0228. The lowest BCUT2D eigenvalue weighted by Gasteiger charge is -2.51. The predicted molar refractivity (Wildman–Crippen MR) is 266 cm³/mol. The summed E-state index contributed by atoms with van der Waals surface area (Å²) in [4.78, 5) is 51.0. The number of aryl methyl sites for hydroxylation is 1. The zero-order chi connectivity index (χ0) is 57.4. The Morgan fingerprint density at radius 1 is 0.551 bits per heavy atom. The van der Waals surface area contributed by atoms with Crippen molar-refractivity contribution in [1.82, 2.24) is 21.3 Å². The summed E-state index contributed by atoms with van der Waals surface area (Å²) < 4.78 is 78.0. The zero-order valence-electron chi connectivity index (χ0n) is 43.8. The number of unbranched alkanes of at least 4 members (excludes halogenated alkanes) is 6. The Balaban J connectivity index is 1.33. The minimum Gasteiger partial charge on any atom is -0.394 e. The van der Waals surface area contributed by atoms with E-state index in [0.717, 1.165) is 58.4 Å². The van der Waals surface area contributed by atoms with Crippen molar-refractivity contribution in [3.63, 3.8) is 0 Å². The largest absolute Gasteiger partial charge is 0.397 e. The molecule has 0 radical (unpaired) electrons. The normalized spacial score (nSPS) is 35.5. The molecule has 14 N–H and O–H groups in total. The van der Waals surface area contributed by atoms with E-state index < -0.39 is 183 Å². The number of aliphatic hydroxyl groups excluding tert-OH is 9. The average molecular weight is 1140 g/mol. The third-order valence-corrected chi connectivity index (χ3v) is 14.1. The van der Waals surface area contributed by atoms with Gasteiger partial charge in [-0.1, -0.05) is 50.5 Å². The predicted octanol–water partition coefficient (Wildman–Crippen LogP) is -3.81. The molecule has 29 heteroatoms. The van der Waals surface area contributed by atoms with Gasteiger partial charge in [-0.3, -0.25) is 23.7 Å². The van der Waals surface area contributed by atoms with Gasteiger partial charge in [0.1, 0.15) is 97.4 Å². The van der Waals surface area contributed by atoms with E-state index >= 15 is 0 Å². The van der Waals surface area contributed by atoms with Crippen LogP contribution in [0.3, 0.4) is 0 Å². The van der Waals surface area contributed by atoms with E-state index in [9.17, 15) is 78.1 Å². The number of benzene rings is 1. The lowest BCUT2D eigenvalue weighted by Crippen LogP contribution is -2.71. The monoisotopic (exact) mass is 1140 g/mol.